The number of hydrogen-bond acceptors (Lipinski definition) is 2. The van der Waals surface area contributed by atoms with Gasteiger partial charge < -0.3 is 10.1 Å². The Kier molecular flexibility index (Phi) is 4.75. The summed E-state index contributed by atoms with van der Waals surface area (Å²) in [6.45, 7) is 6.46. The quantitative estimate of drug-likeness (QED) is 0.734. The van der Waals surface area contributed by atoms with Crippen LogP contribution in [0.3, 0.4) is 0 Å². The molecule has 0 aromatic heterocycles. The van der Waals surface area contributed by atoms with Crippen molar-refractivity contribution >= 4 is 16.7 Å². The minimum Gasteiger partial charge on any atom is -0.488 e. The number of carbonyl (C=O) groups excluding carboxylic acids is 1. The third kappa shape index (κ3) is 4.18. The van der Waals surface area contributed by atoms with Crippen molar-refractivity contribution in [1.29, 1.82) is 0 Å². The van der Waals surface area contributed by atoms with Gasteiger partial charge in [0.05, 0.1) is 0 Å². The zero-order valence-electron chi connectivity index (χ0n) is 14.9. The Morgan fingerprint density at radius 2 is 1.60 bits per heavy atom. The topological polar surface area (TPSA) is 38.3 Å². The molecule has 1 N–H and O–H groups in total. The molecule has 0 aliphatic rings. The average molecular weight is 333 g/mol. The molecular weight excluding hydrogens is 310 g/mol. The Morgan fingerprint density at radius 3 is 2.40 bits per heavy atom. The average Bonchev–Trinajstić information content (AvgIpc) is 2.59. The number of rotatable bonds is 4. The van der Waals surface area contributed by atoms with Gasteiger partial charge in [0.15, 0.2) is 0 Å². The van der Waals surface area contributed by atoms with Gasteiger partial charge in [0.25, 0.3) is 5.91 Å². The summed E-state index contributed by atoms with van der Waals surface area (Å²) < 4.78 is 5.99. The number of hydrogen-bond donors (Lipinski definition) is 1. The van der Waals surface area contributed by atoms with E-state index in [1.807, 2.05) is 87.5 Å². The van der Waals surface area contributed by atoms with Gasteiger partial charge in [-0.1, -0.05) is 54.6 Å². The highest BCUT2D eigenvalue weighted by molar-refractivity contribution is 6.06. The van der Waals surface area contributed by atoms with Crippen LogP contribution in [0, 0.1) is 0 Å². The smallest absolute Gasteiger partial charge is 0.252 e. The molecule has 128 valence electrons. The molecule has 0 radical (unpaired) electrons. The van der Waals surface area contributed by atoms with Gasteiger partial charge in [-0.2, -0.15) is 0 Å². The van der Waals surface area contributed by atoms with Crippen LogP contribution in [0.15, 0.2) is 66.7 Å². The molecule has 0 heterocycles. The van der Waals surface area contributed by atoms with Crippen LogP contribution >= 0.6 is 0 Å². The number of nitrogens with one attached hydrogen (secondary N) is 1. The van der Waals surface area contributed by atoms with Crippen molar-refractivity contribution in [3.63, 3.8) is 0 Å². The third-order valence-corrected chi connectivity index (χ3v) is 3.86. The summed E-state index contributed by atoms with van der Waals surface area (Å²) in [6.07, 6.45) is 0. The maximum Gasteiger partial charge on any atom is 0.252 e. The van der Waals surface area contributed by atoms with Gasteiger partial charge in [-0.05, 0) is 43.7 Å². The summed E-state index contributed by atoms with van der Waals surface area (Å²) in [7, 11) is 0. The highest BCUT2D eigenvalue weighted by Crippen LogP contribution is 2.23. The number of ether oxygens (including phenoxy) is 1. The van der Waals surface area contributed by atoms with Crippen molar-refractivity contribution in [2.24, 2.45) is 0 Å². The van der Waals surface area contributed by atoms with E-state index in [9.17, 15) is 4.79 Å². The van der Waals surface area contributed by atoms with Gasteiger partial charge in [-0.15, -0.1) is 0 Å². The van der Waals surface area contributed by atoms with Crippen LogP contribution in [0.25, 0.3) is 10.8 Å². The molecule has 25 heavy (non-hydrogen) atoms. The van der Waals surface area contributed by atoms with E-state index < -0.39 is 0 Å². The van der Waals surface area contributed by atoms with Crippen LogP contribution in [0.2, 0.25) is 0 Å². The Hall–Kier alpha value is -2.81. The van der Waals surface area contributed by atoms with E-state index in [1.54, 1.807) is 0 Å². The zero-order valence-corrected chi connectivity index (χ0v) is 14.9. The third-order valence-electron chi connectivity index (χ3n) is 3.86. The predicted molar refractivity (Wildman–Crippen MR) is 102 cm³/mol. The van der Waals surface area contributed by atoms with E-state index in [4.69, 9.17) is 4.74 Å². The molecule has 0 saturated heterocycles. The number of benzene rings is 3. The van der Waals surface area contributed by atoms with Crippen LogP contribution in [0.5, 0.6) is 5.75 Å². The van der Waals surface area contributed by atoms with Crippen LogP contribution in [0.4, 0.5) is 0 Å². The fraction of sp³-hybridized carbons (Fsp3) is 0.227. The van der Waals surface area contributed by atoms with Gasteiger partial charge in [-0.25, -0.2) is 0 Å². The summed E-state index contributed by atoms with van der Waals surface area (Å²) in [4.78, 5) is 12.7. The molecule has 0 fully saturated rings. The first-order chi connectivity index (χ1) is 11.9. The van der Waals surface area contributed by atoms with Crippen molar-refractivity contribution < 1.29 is 9.53 Å². The lowest BCUT2D eigenvalue weighted by Crippen LogP contribution is -2.26. The van der Waals surface area contributed by atoms with E-state index in [-0.39, 0.29) is 11.5 Å². The molecule has 3 nitrogen and oxygen atoms in total. The second-order valence-electron chi connectivity index (χ2n) is 7.03. The Bertz CT molecular complexity index is 888. The predicted octanol–water partition coefficient (Wildman–Crippen LogP) is 4.95. The van der Waals surface area contributed by atoms with E-state index in [2.05, 4.69) is 5.32 Å². The molecule has 0 saturated carbocycles. The first-order valence-corrected chi connectivity index (χ1v) is 8.47. The second kappa shape index (κ2) is 6.98. The molecular formula is C22H23NO2. The molecule has 0 unspecified atom stereocenters. The maximum atomic E-state index is 12.7. The van der Waals surface area contributed by atoms with Crippen LogP contribution < -0.4 is 10.1 Å². The fourth-order valence-electron chi connectivity index (χ4n) is 2.77. The monoisotopic (exact) mass is 333 g/mol. The Labute approximate surface area is 148 Å². The van der Waals surface area contributed by atoms with Crippen molar-refractivity contribution in [2.75, 3.05) is 0 Å². The standard InChI is InChI=1S/C22H23NO2/c1-22(2,3)25-20-14-7-5-10-17(20)15-23-21(24)19-13-8-11-16-9-4-6-12-18(16)19/h4-14H,15H2,1-3H3,(H,23,24). The van der Waals surface area contributed by atoms with Gasteiger partial charge in [0, 0.05) is 17.7 Å². The summed E-state index contributed by atoms with van der Waals surface area (Å²) in [6, 6.07) is 21.5. The van der Waals surface area contributed by atoms with Gasteiger partial charge in [0.1, 0.15) is 11.4 Å². The van der Waals surface area contributed by atoms with Crippen LogP contribution in [-0.2, 0) is 6.54 Å². The Morgan fingerprint density at radius 1 is 0.920 bits per heavy atom. The number of amides is 1. The van der Waals surface area contributed by atoms with Crippen molar-refractivity contribution in [1.82, 2.24) is 5.32 Å². The fourth-order valence-corrected chi connectivity index (χ4v) is 2.77. The first-order valence-electron chi connectivity index (χ1n) is 8.47. The molecule has 0 bridgehead atoms. The van der Waals surface area contributed by atoms with Gasteiger partial charge in [0.2, 0.25) is 0 Å². The molecule has 3 aromatic carbocycles. The van der Waals surface area contributed by atoms with Crippen LogP contribution in [-0.4, -0.2) is 11.5 Å². The second-order valence-corrected chi connectivity index (χ2v) is 7.03. The molecule has 0 aliphatic carbocycles. The van der Waals surface area contributed by atoms with Crippen molar-refractivity contribution in [2.45, 2.75) is 32.9 Å². The lowest BCUT2D eigenvalue weighted by molar-refractivity contribution is 0.0951. The lowest BCUT2D eigenvalue weighted by Gasteiger charge is -2.23. The largest absolute Gasteiger partial charge is 0.488 e. The molecule has 1 amide bonds. The SMILES string of the molecule is CC(C)(C)Oc1ccccc1CNC(=O)c1cccc2ccccc12. The van der Waals surface area contributed by atoms with Crippen molar-refractivity contribution in [3.05, 3.63) is 77.9 Å². The highest BCUT2D eigenvalue weighted by Gasteiger charge is 2.15. The minimum atomic E-state index is -0.282. The zero-order chi connectivity index (χ0) is 17.9. The molecule has 3 heteroatoms. The number of para-hydroxylation sites is 1. The van der Waals surface area contributed by atoms with E-state index in [0.717, 1.165) is 22.1 Å². The number of fused-ring (bicyclic) bond motifs is 1. The summed E-state index contributed by atoms with van der Waals surface area (Å²) in [5.74, 6) is 0.718. The summed E-state index contributed by atoms with van der Waals surface area (Å²) in [5.41, 5.74) is 1.37. The molecule has 0 spiro atoms. The normalized spacial score (nSPS) is 11.3. The number of carbonyl (C=O) groups is 1. The van der Waals surface area contributed by atoms with Gasteiger partial charge in [-0.3, -0.25) is 4.79 Å². The van der Waals surface area contributed by atoms with E-state index >= 15 is 0 Å². The van der Waals surface area contributed by atoms with Crippen molar-refractivity contribution in [3.8, 4) is 5.75 Å². The summed E-state index contributed by atoms with van der Waals surface area (Å²) in [5, 5.41) is 5.04. The summed E-state index contributed by atoms with van der Waals surface area (Å²) >= 11 is 0. The Balaban J connectivity index is 1.79. The maximum absolute atomic E-state index is 12.7. The minimum absolute atomic E-state index is 0.0811. The van der Waals surface area contributed by atoms with Crippen LogP contribution in [0.1, 0.15) is 36.7 Å². The highest BCUT2D eigenvalue weighted by atomic mass is 16.5. The van der Waals surface area contributed by atoms with E-state index in [1.165, 1.54) is 0 Å². The molecule has 3 rings (SSSR count). The molecule has 0 atom stereocenters. The van der Waals surface area contributed by atoms with E-state index in [0.29, 0.717) is 12.1 Å². The first kappa shape index (κ1) is 17.0. The van der Waals surface area contributed by atoms with Gasteiger partial charge >= 0.3 is 0 Å². The molecule has 0 aliphatic heterocycles. The lowest BCUT2D eigenvalue weighted by atomic mass is 10.0. The molecule has 3 aromatic rings.